The monoisotopic (exact) mass is 422 g/mol. The molecule has 0 bridgehead atoms. The van der Waals surface area contributed by atoms with Gasteiger partial charge in [0.05, 0.1) is 33.9 Å². The van der Waals surface area contributed by atoms with Crippen molar-refractivity contribution in [1.29, 1.82) is 0 Å². The molecule has 7 rings (SSSR count). The molecule has 0 amide bonds. The van der Waals surface area contributed by atoms with Gasteiger partial charge in [-0.05, 0) is 53.3 Å². The van der Waals surface area contributed by atoms with Crippen molar-refractivity contribution >= 4 is 54.7 Å². The van der Waals surface area contributed by atoms with Gasteiger partial charge in [-0.3, -0.25) is 0 Å². The molecule has 0 fully saturated rings. The summed E-state index contributed by atoms with van der Waals surface area (Å²) < 4.78 is 4.60. The maximum absolute atomic E-state index is 7.69. The van der Waals surface area contributed by atoms with Gasteiger partial charge in [0.1, 0.15) is 7.05 Å². The Balaban J connectivity index is 1.79. The number of pyridine rings is 2. The molecule has 0 radical (unpaired) electrons. The van der Waals surface area contributed by atoms with Gasteiger partial charge in [0.2, 0.25) is 5.52 Å². The fourth-order valence-electron chi connectivity index (χ4n) is 5.58. The van der Waals surface area contributed by atoms with E-state index >= 15 is 0 Å². The van der Waals surface area contributed by atoms with Gasteiger partial charge in [-0.15, -0.1) is 0 Å². The van der Waals surface area contributed by atoms with Crippen molar-refractivity contribution < 1.29 is 4.57 Å². The normalized spacial score (nSPS) is 11.9. The molecule has 0 aliphatic heterocycles. The van der Waals surface area contributed by atoms with Gasteiger partial charge >= 0.3 is 0 Å². The van der Waals surface area contributed by atoms with E-state index < -0.39 is 0 Å². The minimum absolute atomic E-state index is 0.671. The minimum Gasteiger partial charge on any atom is -0.309 e. The van der Waals surface area contributed by atoms with Crippen molar-refractivity contribution in [2.45, 2.75) is 6.92 Å². The summed E-state index contributed by atoms with van der Waals surface area (Å²) in [6.45, 7) is 9.89. The SMILES string of the molecule is [C-]#[N+]c1cc2cc[n+](C)c3c4c(C)ccc5c6cc(-c7ccccc7)ccc6n(c(c1)c23)c54. The van der Waals surface area contributed by atoms with Crippen LogP contribution in [0.1, 0.15) is 5.56 Å². The van der Waals surface area contributed by atoms with Crippen molar-refractivity contribution in [2.75, 3.05) is 0 Å². The van der Waals surface area contributed by atoms with E-state index in [4.69, 9.17) is 6.57 Å². The molecule has 0 saturated carbocycles. The van der Waals surface area contributed by atoms with E-state index in [2.05, 4.69) is 101 Å². The molecule has 3 nitrogen and oxygen atoms in total. The van der Waals surface area contributed by atoms with Crippen LogP contribution in [-0.2, 0) is 7.05 Å². The highest BCUT2D eigenvalue weighted by Crippen LogP contribution is 2.42. The molecule has 0 saturated heterocycles. The number of fused-ring (bicyclic) bond motifs is 5. The summed E-state index contributed by atoms with van der Waals surface area (Å²) in [5, 5.41) is 6.08. The Labute approximate surface area is 190 Å². The second-order valence-electron chi connectivity index (χ2n) is 8.90. The van der Waals surface area contributed by atoms with E-state index in [-0.39, 0.29) is 0 Å². The number of rotatable bonds is 1. The molecule has 4 aromatic carbocycles. The maximum atomic E-state index is 7.69. The van der Waals surface area contributed by atoms with Crippen LogP contribution < -0.4 is 4.57 Å². The Kier molecular flexibility index (Phi) is 3.47. The Bertz CT molecular complexity index is 1940. The highest BCUT2D eigenvalue weighted by molar-refractivity contribution is 6.26. The highest BCUT2D eigenvalue weighted by atomic mass is 15.0. The topological polar surface area (TPSA) is 12.7 Å². The molecule has 3 heterocycles. The van der Waals surface area contributed by atoms with Crippen LogP contribution in [0.4, 0.5) is 5.69 Å². The summed E-state index contributed by atoms with van der Waals surface area (Å²) >= 11 is 0. The van der Waals surface area contributed by atoms with Crippen LogP contribution in [0.3, 0.4) is 0 Å². The molecule has 0 atom stereocenters. The van der Waals surface area contributed by atoms with Crippen LogP contribution in [-0.4, -0.2) is 4.40 Å². The van der Waals surface area contributed by atoms with Crippen LogP contribution in [0.2, 0.25) is 0 Å². The van der Waals surface area contributed by atoms with Gasteiger partial charge in [0.15, 0.2) is 11.9 Å². The molecular weight excluding hydrogens is 402 g/mol. The second-order valence-corrected chi connectivity index (χ2v) is 8.90. The molecule has 33 heavy (non-hydrogen) atoms. The molecule has 0 aliphatic rings. The summed E-state index contributed by atoms with van der Waals surface area (Å²) in [5.74, 6) is 0. The van der Waals surface area contributed by atoms with Crippen molar-refractivity contribution in [1.82, 2.24) is 4.40 Å². The van der Waals surface area contributed by atoms with E-state index in [0.717, 1.165) is 10.9 Å². The quantitative estimate of drug-likeness (QED) is 0.114. The summed E-state index contributed by atoms with van der Waals surface area (Å²) in [6, 6.07) is 28.0. The van der Waals surface area contributed by atoms with Crippen LogP contribution in [0.25, 0.3) is 65.0 Å². The van der Waals surface area contributed by atoms with E-state index in [1.807, 2.05) is 12.1 Å². The third kappa shape index (κ3) is 2.30. The lowest BCUT2D eigenvalue weighted by molar-refractivity contribution is -0.643. The Hall–Kier alpha value is -4.42. The smallest absolute Gasteiger partial charge is 0.224 e. The van der Waals surface area contributed by atoms with Crippen molar-refractivity contribution in [2.24, 2.45) is 7.05 Å². The zero-order chi connectivity index (χ0) is 22.3. The molecule has 7 aromatic rings. The first-order chi connectivity index (χ1) is 16.2. The zero-order valence-corrected chi connectivity index (χ0v) is 18.4. The number of benzene rings is 4. The molecule has 3 heteroatoms. The first-order valence-corrected chi connectivity index (χ1v) is 11.1. The summed E-state index contributed by atoms with van der Waals surface area (Å²) in [4.78, 5) is 3.79. The number of aromatic nitrogens is 2. The van der Waals surface area contributed by atoms with Crippen LogP contribution in [0, 0.1) is 13.5 Å². The molecule has 3 aromatic heterocycles. The molecule has 0 unspecified atom stereocenters. The third-order valence-corrected chi connectivity index (χ3v) is 7.05. The Morgan fingerprint density at radius 1 is 0.788 bits per heavy atom. The van der Waals surface area contributed by atoms with Gasteiger partial charge in [0, 0.05) is 16.8 Å². The van der Waals surface area contributed by atoms with Crippen molar-refractivity contribution in [3.05, 3.63) is 102 Å². The number of hydrogen-bond acceptors (Lipinski definition) is 0. The third-order valence-electron chi connectivity index (χ3n) is 7.05. The van der Waals surface area contributed by atoms with E-state index in [1.165, 1.54) is 54.8 Å². The molecular formula is C30H20N3+. The van der Waals surface area contributed by atoms with Crippen LogP contribution >= 0.6 is 0 Å². The lowest BCUT2D eigenvalue weighted by Crippen LogP contribution is -2.28. The highest BCUT2D eigenvalue weighted by Gasteiger charge is 2.24. The van der Waals surface area contributed by atoms with Gasteiger partial charge in [0.25, 0.3) is 0 Å². The fraction of sp³-hybridized carbons (Fsp3) is 0.0667. The summed E-state index contributed by atoms with van der Waals surface area (Å²) in [5.41, 5.74) is 9.09. The molecule has 0 N–H and O–H groups in total. The lowest BCUT2D eigenvalue weighted by atomic mass is 9.99. The molecule has 0 aliphatic carbocycles. The number of nitrogens with zero attached hydrogens (tertiary/aromatic N) is 3. The van der Waals surface area contributed by atoms with E-state index in [9.17, 15) is 0 Å². The Morgan fingerprint density at radius 3 is 2.45 bits per heavy atom. The predicted molar refractivity (Wildman–Crippen MR) is 136 cm³/mol. The van der Waals surface area contributed by atoms with Crippen LogP contribution in [0.15, 0.2) is 85.1 Å². The van der Waals surface area contributed by atoms with Gasteiger partial charge in [-0.1, -0.05) is 48.5 Å². The van der Waals surface area contributed by atoms with Gasteiger partial charge < -0.3 is 4.40 Å². The largest absolute Gasteiger partial charge is 0.309 e. The fourth-order valence-corrected chi connectivity index (χ4v) is 5.58. The van der Waals surface area contributed by atoms with E-state index in [1.54, 1.807) is 0 Å². The standard InChI is InChI=1S/C30H20N3/c1-18-9-11-23-24-16-20(19-7-5-4-6-8-19)10-12-25(24)33-26-17-22(31-2)15-21-13-14-32(3)30(28(21)26)27(18)29(23)33/h4-17H,1,3H3/q+1. The van der Waals surface area contributed by atoms with Crippen molar-refractivity contribution in [3.63, 3.8) is 0 Å². The lowest BCUT2D eigenvalue weighted by Gasteiger charge is -2.13. The average Bonchev–Trinajstić information content (AvgIpc) is 3.19. The molecule has 0 spiro atoms. The van der Waals surface area contributed by atoms with E-state index in [0.29, 0.717) is 5.69 Å². The number of hydrogen-bond donors (Lipinski definition) is 0. The first kappa shape index (κ1) is 18.2. The first-order valence-electron chi connectivity index (χ1n) is 11.1. The van der Waals surface area contributed by atoms with Gasteiger partial charge in [-0.25, -0.2) is 9.41 Å². The molecule has 154 valence electrons. The number of aryl methyl sites for hydroxylation is 2. The van der Waals surface area contributed by atoms with Crippen LogP contribution in [0.5, 0.6) is 0 Å². The Morgan fingerprint density at radius 2 is 1.64 bits per heavy atom. The summed E-state index contributed by atoms with van der Waals surface area (Å²) in [6.07, 6.45) is 2.11. The van der Waals surface area contributed by atoms with Gasteiger partial charge in [-0.2, -0.15) is 0 Å². The predicted octanol–water partition coefficient (Wildman–Crippen LogP) is 7.34. The minimum atomic E-state index is 0.671. The maximum Gasteiger partial charge on any atom is 0.224 e. The summed E-state index contributed by atoms with van der Waals surface area (Å²) in [7, 11) is 2.12. The second kappa shape index (κ2) is 6.31. The zero-order valence-electron chi connectivity index (χ0n) is 18.4. The average molecular weight is 423 g/mol. The van der Waals surface area contributed by atoms with Crippen molar-refractivity contribution in [3.8, 4) is 11.1 Å².